The van der Waals surface area contributed by atoms with E-state index in [1.807, 2.05) is 0 Å². The first-order valence-corrected chi connectivity index (χ1v) is 1.88. The molecular formula is CH2O3S. The third-order valence-electron chi connectivity index (χ3n) is 0.0781. The molecule has 0 saturated carbocycles. The Morgan fingerprint density at radius 1 is 1.80 bits per heavy atom. The van der Waals surface area contributed by atoms with Crippen molar-refractivity contribution >= 4 is 10.5 Å². The summed E-state index contributed by atoms with van der Waals surface area (Å²) in [5, 5.41) is 8.40. The van der Waals surface area contributed by atoms with Crippen molar-refractivity contribution in [1.82, 2.24) is 0 Å². The Hall–Kier alpha value is -0.280. The topological polar surface area (TPSA) is 57.5 Å². The molecule has 0 aliphatic carbocycles. The van der Waals surface area contributed by atoms with E-state index in [0.29, 0.717) is 0 Å². The van der Waals surface area contributed by atoms with Crippen LogP contribution < -0.4 is 0 Å². The molecule has 0 saturated heterocycles. The summed E-state index contributed by atoms with van der Waals surface area (Å²) >= 11 is 0. The second kappa shape index (κ2) is 1.99. The molecule has 0 amide bonds. The summed E-state index contributed by atoms with van der Waals surface area (Å²) in [6.07, 6.45) is 0. The summed E-state index contributed by atoms with van der Waals surface area (Å²) in [5.41, 5.74) is 0. The van der Waals surface area contributed by atoms with Crippen molar-refractivity contribution in [2.75, 3.05) is 0 Å². The van der Waals surface area contributed by atoms with Crippen molar-refractivity contribution in [3.05, 3.63) is 0 Å². The van der Waals surface area contributed by atoms with Gasteiger partial charge >= 0.3 is 0 Å². The van der Waals surface area contributed by atoms with Crippen molar-refractivity contribution in [2.24, 2.45) is 0 Å². The number of hydrogen-bond acceptors (Lipinski definition) is 2. The van der Waals surface area contributed by atoms with Crippen LogP contribution in [-0.2, 0) is 10.5 Å². The molecule has 5 heavy (non-hydrogen) atoms. The molecule has 4 heteroatoms. The van der Waals surface area contributed by atoms with Crippen LogP contribution in [0, 0.1) is 5.37 Å². The summed E-state index contributed by atoms with van der Waals surface area (Å²) in [6.45, 7) is 0. The first-order chi connectivity index (χ1) is 2.27. The molecule has 0 radical (unpaired) electrons. The van der Waals surface area contributed by atoms with Crippen molar-refractivity contribution in [3.63, 3.8) is 0 Å². The van der Waals surface area contributed by atoms with Gasteiger partial charge in [0.05, 0.1) is 0 Å². The van der Waals surface area contributed by atoms with Crippen molar-refractivity contribution in [3.8, 4) is 5.37 Å². The van der Waals surface area contributed by atoms with Crippen LogP contribution in [-0.4, -0.2) is 13.9 Å². The highest BCUT2D eigenvalue weighted by Gasteiger charge is 1.48. The number of aliphatic hydroxyl groups excluding tert-OH is 1. The Balaban J connectivity index is 3.99. The fraction of sp³-hybridized carbons (Fsp3) is 0. The molecule has 0 unspecified atom stereocenters. The SMILES string of the molecule is O=S(O)#CO. The first-order valence-electron chi connectivity index (χ1n) is 0.777. The van der Waals surface area contributed by atoms with Gasteiger partial charge in [0, 0.05) is 0 Å². The van der Waals surface area contributed by atoms with Gasteiger partial charge in [0.25, 0.3) is 0 Å². The molecule has 0 atom stereocenters. The fourth-order valence-electron chi connectivity index (χ4n) is 0. The van der Waals surface area contributed by atoms with Gasteiger partial charge in [0.15, 0.2) is 10.5 Å². The maximum absolute atomic E-state index is 9.12. The molecule has 0 bridgehead atoms. The molecule has 0 aromatic rings. The molecule has 3 nitrogen and oxygen atoms in total. The average Bonchev–Trinajstić information content (AvgIpc) is 1.38. The predicted octanol–water partition coefficient (Wildman–Crippen LogP) is -0.503. The standard InChI is InChI=1S/CH2O3S/c2-1-5(3)4/h2H,(H,3,4). The minimum atomic E-state index is -2.27. The smallest absolute Gasteiger partial charge is 0.186 e. The molecule has 30 valence electrons. The lowest BCUT2D eigenvalue weighted by atomic mass is 11.8. The number of hydrogen-bond donors (Lipinski definition) is 2. The van der Waals surface area contributed by atoms with E-state index < -0.39 is 10.5 Å². The zero-order valence-corrected chi connectivity index (χ0v) is 3.03. The van der Waals surface area contributed by atoms with Crippen molar-refractivity contribution in [2.45, 2.75) is 0 Å². The van der Waals surface area contributed by atoms with E-state index in [9.17, 15) is 0 Å². The highest BCUT2D eigenvalue weighted by Crippen LogP contribution is 1.35. The van der Waals surface area contributed by atoms with Gasteiger partial charge in [-0.2, -0.15) is 4.21 Å². The maximum Gasteiger partial charge on any atom is 0.186 e. The van der Waals surface area contributed by atoms with Crippen LogP contribution in [0.3, 0.4) is 0 Å². The lowest BCUT2D eigenvalue weighted by Crippen LogP contribution is -1.58. The largest absolute Gasteiger partial charge is 0.309 e. The van der Waals surface area contributed by atoms with E-state index in [-0.39, 0.29) is 0 Å². The van der Waals surface area contributed by atoms with E-state index in [2.05, 4.69) is 0 Å². The Labute approximate surface area is 30.8 Å². The van der Waals surface area contributed by atoms with Crippen molar-refractivity contribution < 1.29 is 13.9 Å². The average molecular weight is 94.1 g/mol. The Kier molecular flexibility index (Phi) is 1.88. The molecule has 2 N–H and O–H groups in total. The predicted molar refractivity (Wildman–Crippen MR) is 16.6 cm³/mol. The summed E-state index contributed by atoms with van der Waals surface area (Å²) in [6, 6.07) is 0. The first kappa shape index (κ1) is 4.72. The van der Waals surface area contributed by atoms with E-state index in [4.69, 9.17) is 13.9 Å². The minimum absolute atomic E-state index is 1.06. The second-order valence-corrected chi connectivity index (χ2v) is 1.02. The molecule has 0 aliphatic heterocycles. The van der Waals surface area contributed by atoms with Gasteiger partial charge in [-0.1, -0.05) is 0 Å². The van der Waals surface area contributed by atoms with Crippen LogP contribution >= 0.6 is 0 Å². The molecule has 0 aromatic heterocycles. The summed E-state index contributed by atoms with van der Waals surface area (Å²) in [7, 11) is -2.27. The lowest BCUT2D eigenvalue weighted by molar-refractivity contribution is 0.510. The molecule has 0 aromatic carbocycles. The van der Waals surface area contributed by atoms with Crippen LogP contribution in [0.5, 0.6) is 0 Å². The Bertz CT molecular complexity index is 125. The van der Waals surface area contributed by atoms with Gasteiger partial charge in [0.1, 0.15) is 5.37 Å². The van der Waals surface area contributed by atoms with E-state index in [1.165, 1.54) is 0 Å². The van der Waals surface area contributed by atoms with E-state index in [0.717, 1.165) is 5.37 Å². The van der Waals surface area contributed by atoms with Gasteiger partial charge in [-0.3, -0.25) is 4.55 Å². The Morgan fingerprint density at radius 2 is 2.00 bits per heavy atom. The molecule has 0 spiro atoms. The number of aliphatic hydroxyl groups is 1. The zero-order valence-electron chi connectivity index (χ0n) is 2.21. The fourth-order valence-corrected chi connectivity index (χ4v) is 0. The van der Waals surface area contributed by atoms with Gasteiger partial charge in [-0.05, 0) is 0 Å². The van der Waals surface area contributed by atoms with Crippen molar-refractivity contribution in [1.29, 1.82) is 0 Å². The maximum atomic E-state index is 9.12. The summed E-state index contributed by atoms with van der Waals surface area (Å²) in [4.78, 5) is 0. The third-order valence-corrected chi connectivity index (χ3v) is 0.234. The highest BCUT2D eigenvalue weighted by molar-refractivity contribution is 7.68. The highest BCUT2D eigenvalue weighted by atomic mass is 32.2. The van der Waals surface area contributed by atoms with Gasteiger partial charge < -0.3 is 5.11 Å². The zero-order chi connectivity index (χ0) is 4.28. The molecule has 0 fully saturated rings. The van der Waals surface area contributed by atoms with Gasteiger partial charge in [0.2, 0.25) is 0 Å². The minimum Gasteiger partial charge on any atom is -0.309 e. The quantitative estimate of drug-likeness (QED) is 0.398. The van der Waals surface area contributed by atoms with Crippen LogP contribution in [0.1, 0.15) is 0 Å². The molecule has 0 heterocycles. The van der Waals surface area contributed by atoms with Crippen LogP contribution in [0.2, 0.25) is 0 Å². The van der Waals surface area contributed by atoms with Crippen LogP contribution in [0.15, 0.2) is 0 Å². The van der Waals surface area contributed by atoms with E-state index >= 15 is 0 Å². The molecule has 0 rings (SSSR count). The van der Waals surface area contributed by atoms with Crippen LogP contribution in [0.4, 0.5) is 0 Å². The monoisotopic (exact) mass is 94.0 g/mol. The lowest BCUT2D eigenvalue weighted by Gasteiger charge is -1.48. The van der Waals surface area contributed by atoms with Gasteiger partial charge in [-0.25, -0.2) is 0 Å². The van der Waals surface area contributed by atoms with Crippen LogP contribution in [0.25, 0.3) is 0 Å². The van der Waals surface area contributed by atoms with E-state index in [1.54, 1.807) is 0 Å². The third kappa shape index (κ3) is 3.72. The summed E-state index contributed by atoms with van der Waals surface area (Å²) in [5.74, 6) is 0. The number of rotatable bonds is 0. The molecular weight excluding hydrogens is 92.1 g/mol. The second-order valence-electron chi connectivity index (χ2n) is 0.340. The normalized spacial score (nSPS) is 6.00. The summed E-state index contributed by atoms with van der Waals surface area (Å²) < 4.78 is 16.6. The van der Waals surface area contributed by atoms with Gasteiger partial charge in [-0.15, -0.1) is 0 Å². The Morgan fingerprint density at radius 3 is 2.00 bits per heavy atom. The molecule has 0 aliphatic rings.